The number of rotatable bonds is 8. The summed E-state index contributed by atoms with van der Waals surface area (Å²) in [6.07, 6.45) is 0. The average molecular weight is 306 g/mol. The van der Waals surface area contributed by atoms with Crippen molar-refractivity contribution in [1.82, 2.24) is 5.32 Å². The van der Waals surface area contributed by atoms with E-state index >= 15 is 0 Å². The maximum atomic E-state index is 5.92. The molecule has 0 unspecified atom stereocenters. The largest absolute Gasteiger partial charge is 0.491 e. The van der Waals surface area contributed by atoms with Gasteiger partial charge in [0.2, 0.25) is 0 Å². The van der Waals surface area contributed by atoms with E-state index in [-0.39, 0.29) is 0 Å². The van der Waals surface area contributed by atoms with Gasteiger partial charge in [-0.05, 0) is 42.4 Å². The van der Waals surface area contributed by atoms with Crippen molar-refractivity contribution in [1.29, 1.82) is 0 Å². The van der Waals surface area contributed by atoms with Crippen molar-refractivity contribution < 1.29 is 9.47 Å². The fourth-order valence-electron chi connectivity index (χ4n) is 1.98. The highest BCUT2D eigenvalue weighted by Crippen LogP contribution is 2.13. The first-order valence-corrected chi connectivity index (χ1v) is 7.34. The van der Waals surface area contributed by atoms with E-state index in [9.17, 15) is 0 Å². The highest BCUT2D eigenvalue weighted by Gasteiger charge is 1.98. The molecular weight excluding hydrogens is 286 g/mol. The molecule has 0 amide bonds. The van der Waals surface area contributed by atoms with Gasteiger partial charge in [0.1, 0.15) is 12.4 Å². The Balaban J connectivity index is 1.69. The van der Waals surface area contributed by atoms with Gasteiger partial charge in [-0.15, -0.1) is 0 Å². The van der Waals surface area contributed by atoms with E-state index in [0.29, 0.717) is 19.8 Å². The van der Waals surface area contributed by atoms with Crippen LogP contribution in [-0.2, 0) is 17.9 Å². The van der Waals surface area contributed by atoms with Crippen LogP contribution in [0.4, 0.5) is 0 Å². The van der Waals surface area contributed by atoms with Gasteiger partial charge in [0.05, 0.1) is 13.2 Å². The average Bonchev–Trinajstić information content (AvgIpc) is 2.48. The quantitative estimate of drug-likeness (QED) is 0.755. The molecule has 112 valence electrons. The number of nitrogens with one attached hydrogen (secondary N) is 1. The molecule has 1 N–H and O–H groups in total. The summed E-state index contributed by atoms with van der Waals surface area (Å²) in [5, 5.41) is 3.85. The van der Waals surface area contributed by atoms with Crippen LogP contribution in [0, 0.1) is 0 Å². The molecule has 2 aromatic carbocycles. The smallest absolute Gasteiger partial charge is 0.119 e. The van der Waals surface area contributed by atoms with Crippen LogP contribution in [0.1, 0.15) is 11.1 Å². The minimum atomic E-state index is 0.531. The van der Waals surface area contributed by atoms with Gasteiger partial charge >= 0.3 is 0 Å². The zero-order chi connectivity index (χ0) is 14.9. The van der Waals surface area contributed by atoms with Crippen LogP contribution in [0.25, 0.3) is 0 Å². The van der Waals surface area contributed by atoms with Crippen molar-refractivity contribution in [2.45, 2.75) is 13.2 Å². The Morgan fingerprint density at radius 1 is 1.00 bits per heavy atom. The molecule has 4 heteroatoms. The van der Waals surface area contributed by atoms with Gasteiger partial charge in [-0.3, -0.25) is 0 Å². The van der Waals surface area contributed by atoms with Crippen LogP contribution in [0.15, 0.2) is 48.5 Å². The molecule has 0 bridgehead atoms. The van der Waals surface area contributed by atoms with E-state index in [1.54, 1.807) is 0 Å². The normalized spacial score (nSPS) is 10.6. The highest BCUT2D eigenvalue weighted by molar-refractivity contribution is 6.30. The van der Waals surface area contributed by atoms with Crippen molar-refractivity contribution in [3.63, 3.8) is 0 Å². The first-order chi connectivity index (χ1) is 10.3. The fourth-order valence-corrected chi connectivity index (χ4v) is 2.20. The lowest BCUT2D eigenvalue weighted by Gasteiger charge is -2.09. The van der Waals surface area contributed by atoms with Gasteiger partial charge in [-0.1, -0.05) is 35.9 Å². The lowest BCUT2D eigenvalue weighted by molar-refractivity contribution is 0.0889. The Bertz CT molecular complexity index is 560. The van der Waals surface area contributed by atoms with Gasteiger partial charge in [-0.2, -0.15) is 0 Å². The Morgan fingerprint density at radius 2 is 1.81 bits per heavy atom. The van der Waals surface area contributed by atoms with Crippen LogP contribution >= 0.6 is 11.6 Å². The molecule has 0 radical (unpaired) electrons. The standard InChI is InChI=1S/C17H20ClNO2/c1-19-12-14-4-3-7-17(11-14)21-9-8-20-13-15-5-2-6-16(18)10-15/h2-7,10-11,19H,8-9,12-13H2,1H3. The first kappa shape index (κ1) is 15.8. The van der Waals surface area contributed by atoms with E-state index in [2.05, 4.69) is 11.4 Å². The molecule has 21 heavy (non-hydrogen) atoms. The van der Waals surface area contributed by atoms with E-state index in [4.69, 9.17) is 21.1 Å². The summed E-state index contributed by atoms with van der Waals surface area (Å²) >= 11 is 5.92. The maximum Gasteiger partial charge on any atom is 0.119 e. The molecular formula is C17H20ClNO2. The number of benzene rings is 2. The van der Waals surface area contributed by atoms with Crippen LogP contribution < -0.4 is 10.1 Å². The van der Waals surface area contributed by atoms with E-state index in [1.165, 1.54) is 5.56 Å². The van der Waals surface area contributed by atoms with Crippen molar-refractivity contribution in [3.8, 4) is 5.75 Å². The number of halogens is 1. The van der Waals surface area contributed by atoms with Gasteiger partial charge in [0, 0.05) is 11.6 Å². The molecule has 0 saturated heterocycles. The third kappa shape index (κ3) is 5.76. The fraction of sp³-hybridized carbons (Fsp3) is 0.294. The molecule has 3 nitrogen and oxygen atoms in total. The molecule has 0 fully saturated rings. The van der Waals surface area contributed by atoms with Crippen LogP contribution in [0.2, 0.25) is 5.02 Å². The highest BCUT2D eigenvalue weighted by atomic mass is 35.5. The zero-order valence-corrected chi connectivity index (χ0v) is 12.9. The lowest BCUT2D eigenvalue weighted by Crippen LogP contribution is -2.08. The monoisotopic (exact) mass is 305 g/mol. The summed E-state index contributed by atoms with van der Waals surface area (Å²) in [5.74, 6) is 0.870. The topological polar surface area (TPSA) is 30.5 Å². The van der Waals surface area contributed by atoms with E-state index < -0.39 is 0 Å². The molecule has 0 heterocycles. The summed E-state index contributed by atoms with van der Waals surface area (Å²) < 4.78 is 11.3. The van der Waals surface area contributed by atoms with E-state index in [1.807, 2.05) is 49.5 Å². The molecule has 0 aromatic heterocycles. The van der Waals surface area contributed by atoms with Crippen LogP contribution in [-0.4, -0.2) is 20.3 Å². The van der Waals surface area contributed by atoms with Gasteiger partial charge in [0.25, 0.3) is 0 Å². The van der Waals surface area contributed by atoms with Gasteiger partial charge in [0.15, 0.2) is 0 Å². The number of hydrogen-bond donors (Lipinski definition) is 1. The van der Waals surface area contributed by atoms with Crippen molar-refractivity contribution in [3.05, 3.63) is 64.7 Å². The lowest BCUT2D eigenvalue weighted by atomic mass is 10.2. The summed E-state index contributed by atoms with van der Waals surface area (Å²) in [6, 6.07) is 15.7. The number of hydrogen-bond acceptors (Lipinski definition) is 3. The van der Waals surface area contributed by atoms with Crippen LogP contribution in [0.5, 0.6) is 5.75 Å². The minimum absolute atomic E-state index is 0.531. The molecule has 0 spiro atoms. The van der Waals surface area contributed by atoms with E-state index in [0.717, 1.165) is 22.9 Å². The Hall–Kier alpha value is -1.55. The molecule has 2 rings (SSSR count). The minimum Gasteiger partial charge on any atom is -0.491 e. The summed E-state index contributed by atoms with van der Waals surface area (Å²) in [4.78, 5) is 0. The second-order valence-electron chi connectivity index (χ2n) is 4.71. The molecule has 0 aliphatic carbocycles. The Labute approximate surface area is 130 Å². The summed E-state index contributed by atoms with van der Waals surface area (Å²) in [7, 11) is 1.93. The SMILES string of the molecule is CNCc1cccc(OCCOCc2cccc(Cl)c2)c1. The molecule has 0 aliphatic rings. The number of ether oxygens (including phenoxy) is 2. The predicted molar refractivity (Wildman–Crippen MR) is 85.8 cm³/mol. The second-order valence-corrected chi connectivity index (χ2v) is 5.15. The van der Waals surface area contributed by atoms with Crippen molar-refractivity contribution in [2.75, 3.05) is 20.3 Å². The summed E-state index contributed by atoms with van der Waals surface area (Å²) in [5.41, 5.74) is 2.27. The second kappa shape index (κ2) is 8.67. The first-order valence-electron chi connectivity index (χ1n) is 6.96. The summed E-state index contributed by atoms with van der Waals surface area (Å²) in [6.45, 7) is 2.46. The van der Waals surface area contributed by atoms with Crippen LogP contribution in [0.3, 0.4) is 0 Å². The Kier molecular flexibility index (Phi) is 6.54. The van der Waals surface area contributed by atoms with Crippen molar-refractivity contribution in [2.24, 2.45) is 0 Å². The molecule has 2 aromatic rings. The third-order valence-corrected chi connectivity index (χ3v) is 3.17. The molecule has 0 saturated carbocycles. The third-order valence-electron chi connectivity index (χ3n) is 2.93. The maximum absolute atomic E-state index is 5.92. The van der Waals surface area contributed by atoms with Gasteiger partial charge in [-0.25, -0.2) is 0 Å². The zero-order valence-electron chi connectivity index (χ0n) is 12.1. The molecule has 0 aliphatic heterocycles. The van der Waals surface area contributed by atoms with Crippen molar-refractivity contribution >= 4 is 11.6 Å². The van der Waals surface area contributed by atoms with Gasteiger partial charge < -0.3 is 14.8 Å². The Morgan fingerprint density at radius 3 is 2.62 bits per heavy atom. The molecule has 0 atom stereocenters. The predicted octanol–water partition coefficient (Wildman–Crippen LogP) is 3.66.